The van der Waals surface area contributed by atoms with Gasteiger partial charge in [-0.3, -0.25) is 0 Å². The molecule has 0 saturated carbocycles. The van der Waals surface area contributed by atoms with Gasteiger partial charge >= 0.3 is 0 Å². The van der Waals surface area contributed by atoms with Crippen molar-refractivity contribution in [1.82, 2.24) is 0 Å². The first-order chi connectivity index (χ1) is 3.83. The summed E-state index contributed by atoms with van der Waals surface area (Å²) in [5.74, 6) is 0. The summed E-state index contributed by atoms with van der Waals surface area (Å²) in [7, 11) is 0. The Morgan fingerprint density at radius 2 is 2.38 bits per heavy atom. The van der Waals surface area contributed by atoms with Crippen molar-refractivity contribution < 1.29 is 9.84 Å². The molecule has 2 nitrogen and oxygen atoms in total. The summed E-state index contributed by atoms with van der Waals surface area (Å²) >= 11 is 0. The molecule has 2 atom stereocenters. The van der Waals surface area contributed by atoms with Gasteiger partial charge in [-0.25, -0.2) is 0 Å². The smallest absolute Gasteiger partial charge is 0.155 e. The van der Waals surface area contributed by atoms with Gasteiger partial charge in [0.25, 0.3) is 0 Å². The second-order valence-electron chi connectivity index (χ2n) is 1.94. The Hall–Kier alpha value is -0.340. The molecule has 0 unspecified atom stereocenters. The van der Waals surface area contributed by atoms with E-state index in [4.69, 9.17) is 9.84 Å². The maximum Gasteiger partial charge on any atom is 0.155 e. The van der Waals surface area contributed by atoms with Crippen LogP contribution in [0.15, 0.2) is 12.7 Å². The first-order valence-corrected chi connectivity index (χ1v) is 2.79. The molecule has 1 fully saturated rings. The third-order valence-electron chi connectivity index (χ3n) is 1.29. The highest BCUT2D eigenvalue weighted by atomic mass is 16.6. The van der Waals surface area contributed by atoms with Crippen LogP contribution >= 0.6 is 0 Å². The van der Waals surface area contributed by atoms with Crippen molar-refractivity contribution in [3.8, 4) is 0 Å². The molecule has 0 radical (unpaired) electrons. The van der Waals surface area contributed by atoms with E-state index < -0.39 is 6.29 Å². The number of rotatable bonds is 1. The van der Waals surface area contributed by atoms with Crippen molar-refractivity contribution in [3.05, 3.63) is 12.7 Å². The molecule has 1 heterocycles. The summed E-state index contributed by atoms with van der Waals surface area (Å²) in [5, 5.41) is 8.76. The number of hydrogen-bond donors (Lipinski definition) is 1. The minimum absolute atomic E-state index is 0.0880. The molecular formula is C6H10O2. The quantitative estimate of drug-likeness (QED) is 0.508. The Kier molecular flexibility index (Phi) is 1.65. The fraction of sp³-hybridized carbons (Fsp3) is 0.667. The molecule has 1 aliphatic rings. The predicted molar refractivity (Wildman–Crippen MR) is 30.3 cm³/mol. The van der Waals surface area contributed by atoms with Crippen molar-refractivity contribution in [2.75, 3.05) is 0 Å². The van der Waals surface area contributed by atoms with Gasteiger partial charge in [0, 0.05) is 6.42 Å². The summed E-state index contributed by atoms with van der Waals surface area (Å²) in [6, 6.07) is 0. The molecule has 0 aliphatic carbocycles. The Bertz CT molecular complexity index is 90.5. The lowest BCUT2D eigenvalue weighted by atomic mass is 10.2. The Morgan fingerprint density at radius 1 is 1.62 bits per heavy atom. The van der Waals surface area contributed by atoms with E-state index in [1.165, 1.54) is 0 Å². The van der Waals surface area contributed by atoms with Gasteiger partial charge in [0.2, 0.25) is 0 Å². The van der Waals surface area contributed by atoms with E-state index in [1.807, 2.05) is 0 Å². The molecular weight excluding hydrogens is 104 g/mol. The molecule has 0 aromatic carbocycles. The molecule has 0 amide bonds. The van der Waals surface area contributed by atoms with Crippen LogP contribution in [-0.2, 0) is 4.74 Å². The second-order valence-corrected chi connectivity index (χ2v) is 1.94. The molecule has 0 spiro atoms. The highest BCUT2D eigenvalue weighted by molar-refractivity contribution is 4.83. The molecule has 1 rings (SSSR count). The molecule has 1 N–H and O–H groups in total. The predicted octanol–water partition coefficient (Wildman–Crippen LogP) is 0.670. The SMILES string of the molecule is C=C[C@@H]1CC[C@@H](O)O1. The van der Waals surface area contributed by atoms with Crippen molar-refractivity contribution in [1.29, 1.82) is 0 Å². The van der Waals surface area contributed by atoms with Crippen LogP contribution in [0, 0.1) is 0 Å². The van der Waals surface area contributed by atoms with Crippen LogP contribution in [0.1, 0.15) is 12.8 Å². The molecule has 8 heavy (non-hydrogen) atoms. The summed E-state index contributed by atoms with van der Waals surface area (Å²) in [4.78, 5) is 0. The minimum Gasteiger partial charge on any atom is -0.368 e. The van der Waals surface area contributed by atoms with Crippen molar-refractivity contribution in [2.24, 2.45) is 0 Å². The summed E-state index contributed by atoms with van der Waals surface area (Å²) < 4.78 is 4.95. The van der Waals surface area contributed by atoms with E-state index in [1.54, 1.807) is 6.08 Å². The van der Waals surface area contributed by atoms with Gasteiger partial charge in [-0.05, 0) is 6.42 Å². The summed E-state index contributed by atoms with van der Waals surface area (Å²) in [6.07, 6.45) is 2.92. The minimum atomic E-state index is -0.544. The number of ether oxygens (including phenoxy) is 1. The Labute approximate surface area is 48.8 Å². The molecule has 1 saturated heterocycles. The van der Waals surface area contributed by atoms with Crippen LogP contribution < -0.4 is 0 Å². The molecule has 2 heteroatoms. The van der Waals surface area contributed by atoms with E-state index in [0.717, 1.165) is 12.8 Å². The topological polar surface area (TPSA) is 29.5 Å². The van der Waals surface area contributed by atoms with Crippen molar-refractivity contribution in [3.63, 3.8) is 0 Å². The lowest BCUT2D eigenvalue weighted by molar-refractivity contribution is -0.0777. The van der Waals surface area contributed by atoms with Crippen LogP contribution in [0.25, 0.3) is 0 Å². The Morgan fingerprint density at radius 3 is 2.62 bits per heavy atom. The zero-order valence-electron chi connectivity index (χ0n) is 4.71. The fourth-order valence-corrected chi connectivity index (χ4v) is 0.818. The number of aliphatic hydroxyl groups excluding tert-OH is 1. The van der Waals surface area contributed by atoms with Gasteiger partial charge in [0.15, 0.2) is 6.29 Å². The lowest BCUT2D eigenvalue weighted by Crippen LogP contribution is -2.06. The Balaban J connectivity index is 2.32. The molecule has 1 aliphatic heterocycles. The molecule has 0 bridgehead atoms. The maximum absolute atomic E-state index is 8.76. The second kappa shape index (κ2) is 2.29. The summed E-state index contributed by atoms with van der Waals surface area (Å²) in [5.41, 5.74) is 0. The largest absolute Gasteiger partial charge is 0.368 e. The van der Waals surface area contributed by atoms with E-state index in [2.05, 4.69) is 6.58 Å². The van der Waals surface area contributed by atoms with Crippen LogP contribution in [0.3, 0.4) is 0 Å². The van der Waals surface area contributed by atoms with Gasteiger partial charge in [0.1, 0.15) is 0 Å². The van der Waals surface area contributed by atoms with E-state index in [0.29, 0.717) is 0 Å². The normalized spacial score (nSPS) is 37.6. The van der Waals surface area contributed by atoms with Gasteiger partial charge in [-0.1, -0.05) is 6.08 Å². The van der Waals surface area contributed by atoms with Crippen molar-refractivity contribution in [2.45, 2.75) is 25.2 Å². The summed E-state index contributed by atoms with van der Waals surface area (Å²) in [6.45, 7) is 3.54. The van der Waals surface area contributed by atoms with Gasteiger partial charge < -0.3 is 9.84 Å². The third kappa shape index (κ3) is 1.08. The molecule has 46 valence electrons. The standard InChI is InChI=1S/C6H10O2/c1-2-5-3-4-6(7)8-5/h2,5-7H,1,3-4H2/t5-,6+/m1/s1. The molecule has 0 aromatic heterocycles. The van der Waals surface area contributed by atoms with E-state index in [-0.39, 0.29) is 6.10 Å². The third-order valence-corrected chi connectivity index (χ3v) is 1.29. The van der Waals surface area contributed by atoms with Gasteiger partial charge in [-0.2, -0.15) is 0 Å². The van der Waals surface area contributed by atoms with Crippen molar-refractivity contribution >= 4 is 0 Å². The van der Waals surface area contributed by atoms with Crippen LogP contribution in [0.5, 0.6) is 0 Å². The maximum atomic E-state index is 8.76. The first kappa shape index (κ1) is 5.79. The van der Waals surface area contributed by atoms with E-state index >= 15 is 0 Å². The monoisotopic (exact) mass is 114 g/mol. The van der Waals surface area contributed by atoms with Crippen LogP contribution in [0.4, 0.5) is 0 Å². The van der Waals surface area contributed by atoms with Crippen LogP contribution in [-0.4, -0.2) is 17.5 Å². The number of hydrogen-bond acceptors (Lipinski definition) is 2. The lowest BCUT2D eigenvalue weighted by Gasteiger charge is -2.01. The fourth-order valence-electron chi connectivity index (χ4n) is 0.818. The average molecular weight is 114 g/mol. The zero-order chi connectivity index (χ0) is 5.98. The van der Waals surface area contributed by atoms with E-state index in [9.17, 15) is 0 Å². The molecule has 0 aromatic rings. The highest BCUT2D eigenvalue weighted by Gasteiger charge is 2.19. The van der Waals surface area contributed by atoms with Crippen LogP contribution in [0.2, 0.25) is 0 Å². The number of aliphatic hydroxyl groups is 1. The van der Waals surface area contributed by atoms with Gasteiger partial charge in [0.05, 0.1) is 6.10 Å². The average Bonchev–Trinajstić information content (AvgIpc) is 2.14. The highest BCUT2D eigenvalue weighted by Crippen LogP contribution is 2.17. The first-order valence-electron chi connectivity index (χ1n) is 2.79. The van der Waals surface area contributed by atoms with Gasteiger partial charge in [-0.15, -0.1) is 6.58 Å². The zero-order valence-corrected chi connectivity index (χ0v) is 4.71.